The normalized spacial score (nSPS) is 15.2. The van der Waals surface area contributed by atoms with Crippen molar-refractivity contribution in [1.29, 1.82) is 0 Å². The van der Waals surface area contributed by atoms with Gasteiger partial charge in [-0.3, -0.25) is 9.97 Å². The molecule has 2 aromatic heterocycles. The molecule has 0 bridgehead atoms. The fourth-order valence-corrected chi connectivity index (χ4v) is 4.66. The molecule has 0 spiro atoms. The zero-order chi connectivity index (χ0) is 26.2. The number of pyridine rings is 2. The standard InChI is InChI=1S/C11H16BNO2.C11H8BrN.C6H4Br2/c1-10(2)11(3,4)15-12(14-10)9-6-5-7-13-8-9;12-11-5-1-3-9(7-11)10-4-2-6-13-8-10;7-5-2-1-3-6(8)4-5/h5-8H,1-4H3;1-8H;1-4H. The van der Waals surface area contributed by atoms with Gasteiger partial charge in [0.05, 0.1) is 11.2 Å². The summed E-state index contributed by atoms with van der Waals surface area (Å²) >= 11 is 10.1. The number of rotatable bonds is 2. The maximum atomic E-state index is 5.89. The number of hydrogen-bond acceptors (Lipinski definition) is 4. The van der Waals surface area contributed by atoms with E-state index < -0.39 is 0 Å². The molecule has 36 heavy (non-hydrogen) atoms. The molecule has 1 saturated heterocycles. The van der Waals surface area contributed by atoms with Crippen molar-refractivity contribution in [2.24, 2.45) is 0 Å². The van der Waals surface area contributed by atoms with Crippen molar-refractivity contribution in [1.82, 2.24) is 9.97 Å². The average molecular weight is 675 g/mol. The zero-order valence-electron chi connectivity index (χ0n) is 20.7. The Bertz CT molecular complexity index is 1210. The van der Waals surface area contributed by atoms with E-state index in [0.29, 0.717) is 0 Å². The molecule has 0 N–H and O–H groups in total. The molecule has 1 aliphatic rings. The van der Waals surface area contributed by atoms with Gasteiger partial charge in [-0.15, -0.1) is 0 Å². The van der Waals surface area contributed by atoms with E-state index in [0.717, 1.165) is 24.4 Å². The Morgan fingerprint density at radius 2 is 1.11 bits per heavy atom. The topological polar surface area (TPSA) is 44.2 Å². The summed E-state index contributed by atoms with van der Waals surface area (Å²) in [6.07, 6.45) is 7.17. The Kier molecular flexibility index (Phi) is 10.5. The summed E-state index contributed by atoms with van der Waals surface area (Å²) in [6, 6.07) is 24.0. The van der Waals surface area contributed by atoms with Gasteiger partial charge in [0.2, 0.25) is 0 Å². The molecular formula is C28H28BBr3N2O2. The number of nitrogens with zero attached hydrogens (tertiary/aromatic N) is 2. The second kappa shape index (κ2) is 13.1. The third-order valence-corrected chi connectivity index (χ3v) is 7.30. The first-order valence-electron chi connectivity index (χ1n) is 11.4. The first-order valence-corrected chi connectivity index (χ1v) is 13.8. The molecule has 0 amide bonds. The highest BCUT2D eigenvalue weighted by atomic mass is 79.9. The lowest BCUT2D eigenvalue weighted by Gasteiger charge is -2.32. The van der Waals surface area contributed by atoms with Gasteiger partial charge < -0.3 is 9.31 Å². The van der Waals surface area contributed by atoms with Crippen LogP contribution < -0.4 is 5.46 Å². The summed E-state index contributed by atoms with van der Waals surface area (Å²) in [5, 5.41) is 0. The van der Waals surface area contributed by atoms with Crippen LogP contribution in [0.3, 0.4) is 0 Å². The van der Waals surface area contributed by atoms with E-state index in [-0.39, 0.29) is 18.3 Å². The van der Waals surface area contributed by atoms with Crippen LogP contribution in [0.4, 0.5) is 0 Å². The van der Waals surface area contributed by atoms with Gasteiger partial charge in [0, 0.05) is 49.2 Å². The molecule has 4 nitrogen and oxygen atoms in total. The number of benzene rings is 2. The molecule has 0 atom stereocenters. The largest absolute Gasteiger partial charge is 0.496 e. The van der Waals surface area contributed by atoms with Gasteiger partial charge in [0.25, 0.3) is 0 Å². The summed E-state index contributed by atoms with van der Waals surface area (Å²) in [5.41, 5.74) is 2.73. The van der Waals surface area contributed by atoms with Gasteiger partial charge in [-0.25, -0.2) is 0 Å². The predicted octanol–water partition coefficient (Wildman–Crippen LogP) is 8.10. The van der Waals surface area contributed by atoms with Crippen molar-refractivity contribution in [3.8, 4) is 11.1 Å². The molecule has 4 aromatic rings. The SMILES string of the molecule is Brc1cccc(-c2cccnc2)c1.Brc1cccc(Br)c1.CC1(C)OB(c2cccnc2)OC1(C)C. The molecule has 1 fully saturated rings. The van der Waals surface area contributed by atoms with Crippen LogP contribution in [-0.4, -0.2) is 28.3 Å². The van der Waals surface area contributed by atoms with Crippen molar-refractivity contribution in [3.63, 3.8) is 0 Å². The highest BCUT2D eigenvalue weighted by Gasteiger charge is 2.51. The van der Waals surface area contributed by atoms with E-state index in [1.807, 2.05) is 88.5 Å². The van der Waals surface area contributed by atoms with E-state index in [9.17, 15) is 0 Å². The second-order valence-electron chi connectivity index (χ2n) is 9.07. The van der Waals surface area contributed by atoms with Crippen LogP contribution in [-0.2, 0) is 9.31 Å². The van der Waals surface area contributed by atoms with Crippen molar-refractivity contribution in [2.45, 2.75) is 38.9 Å². The minimum absolute atomic E-state index is 0.284. The average Bonchev–Trinajstić information content (AvgIpc) is 3.08. The minimum atomic E-state index is -0.302. The Morgan fingerprint density at radius 1 is 0.611 bits per heavy atom. The maximum Gasteiger partial charge on any atom is 0.496 e. The predicted molar refractivity (Wildman–Crippen MR) is 159 cm³/mol. The fourth-order valence-electron chi connectivity index (χ4n) is 3.16. The summed E-state index contributed by atoms with van der Waals surface area (Å²) < 4.78 is 15.1. The maximum absolute atomic E-state index is 5.89. The van der Waals surface area contributed by atoms with E-state index in [1.165, 1.54) is 5.56 Å². The lowest BCUT2D eigenvalue weighted by molar-refractivity contribution is 0.00578. The van der Waals surface area contributed by atoms with Crippen LogP contribution in [0, 0.1) is 0 Å². The smallest absolute Gasteiger partial charge is 0.399 e. The van der Waals surface area contributed by atoms with Gasteiger partial charge in [-0.1, -0.05) is 78.1 Å². The molecule has 3 heterocycles. The van der Waals surface area contributed by atoms with E-state index in [4.69, 9.17) is 9.31 Å². The third kappa shape index (κ3) is 8.35. The molecule has 0 radical (unpaired) electrons. The number of hydrogen-bond donors (Lipinski definition) is 0. The van der Waals surface area contributed by atoms with E-state index in [2.05, 4.69) is 76.0 Å². The van der Waals surface area contributed by atoms with Crippen LogP contribution in [0.25, 0.3) is 11.1 Å². The lowest BCUT2D eigenvalue weighted by Crippen LogP contribution is -2.41. The third-order valence-electron chi connectivity index (χ3n) is 5.82. The highest BCUT2D eigenvalue weighted by molar-refractivity contribution is 9.11. The minimum Gasteiger partial charge on any atom is -0.399 e. The summed E-state index contributed by atoms with van der Waals surface area (Å²) in [7, 11) is -0.302. The molecule has 8 heteroatoms. The van der Waals surface area contributed by atoms with E-state index >= 15 is 0 Å². The summed E-state index contributed by atoms with van der Waals surface area (Å²) in [6.45, 7) is 8.18. The molecule has 5 rings (SSSR count). The number of aromatic nitrogens is 2. The van der Waals surface area contributed by atoms with Crippen LogP contribution in [0.2, 0.25) is 0 Å². The van der Waals surface area contributed by atoms with Crippen molar-refractivity contribution in [2.75, 3.05) is 0 Å². The molecule has 186 valence electrons. The lowest BCUT2D eigenvalue weighted by atomic mass is 9.80. The summed E-state index contributed by atoms with van der Waals surface area (Å²) in [5.74, 6) is 0. The van der Waals surface area contributed by atoms with Gasteiger partial charge in [0.1, 0.15) is 0 Å². The van der Waals surface area contributed by atoms with Crippen LogP contribution in [0.5, 0.6) is 0 Å². The monoisotopic (exact) mass is 672 g/mol. The molecule has 0 unspecified atom stereocenters. The highest BCUT2D eigenvalue weighted by Crippen LogP contribution is 2.36. The second-order valence-corrected chi connectivity index (χ2v) is 11.8. The Hall–Kier alpha value is -1.84. The zero-order valence-corrected chi connectivity index (χ0v) is 25.4. The van der Waals surface area contributed by atoms with Crippen molar-refractivity contribution >= 4 is 60.4 Å². The van der Waals surface area contributed by atoms with Crippen molar-refractivity contribution < 1.29 is 9.31 Å². The molecular weight excluding hydrogens is 647 g/mol. The Labute approximate surface area is 239 Å². The van der Waals surface area contributed by atoms with Crippen LogP contribution in [0.15, 0.2) is 111 Å². The first-order chi connectivity index (χ1) is 17.1. The van der Waals surface area contributed by atoms with Gasteiger partial charge in [-0.05, 0) is 75.7 Å². The Balaban J connectivity index is 0.000000157. The summed E-state index contributed by atoms with van der Waals surface area (Å²) in [4.78, 5) is 8.14. The quantitative estimate of drug-likeness (QED) is 0.202. The fraction of sp³-hybridized carbons (Fsp3) is 0.214. The van der Waals surface area contributed by atoms with Crippen LogP contribution in [0.1, 0.15) is 27.7 Å². The van der Waals surface area contributed by atoms with E-state index in [1.54, 1.807) is 18.6 Å². The Morgan fingerprint density at radius 3 is 1.56 bits per heavy atom. The first kappa shape index (κ1) is 28.7. The van der Waals surface area contributed by atoms with Crippen LogP contribution >= 0.6 is 47.8 Å². The van der Waals surface area contributed by atoms with Gasteiger partial charge in [-0.2, -0.15) is 0 Å². The van der Waals surface area contributed by atoms with Gasteiger partial charge >= 0.3 is 7.12 Å². The number of halogens is 3. The molecule has 1 aliphatic heterocycles. The molecule has 2 aromatic carbocycles. The van der Waals surface area contributed by atoms with Gasteiger partial charge in [0.15, 0.2) is 0 Å². The van der Waals surface area contributed by atoms with Crippen molar-refractivity contribution in [3.05, 3.63) is 111 Å². The molecule has 0 aliphatic carbocycles. The molecule has 0 saturated carbocycles.